The molecular weight excluding hydrogens is 312 g/mol. The molecule has 1 aliphatic carbocycles. The molecule has 1 aliphatic heterocycles. The van der Waals surface area contributed by atoms with Gasteiger partial charge in [-0.05, 0) is 57.1 Å². The number of anilines is 1. The third kappa shape index (κ3) is 4.30. The zero-order valence-corrected chi connectivity index (χ0v) is 15.3. The molecule has 4 nitrogen and oxygen atoms in total. The van der Waals surface area contributed by atoms with Gasteiger partial charge in [0.1, 0.15) is 0 Å². The van der Waals surface area contributed by atoms with Crippen LogP contribution in [0.15, 0.2) is 29.8 Å². The molecule has 0 radical (unpaired) electrons. The topological polar surface area (TPSA) is 49.4 Å². The predicted molar refractivity (Wildman–Crippen MR) is 100 cm³/mol. The summed E-state index contributed by atoms with van der Waals surface area (Å²) in [4.78, 5) is 26.8. The van der Waals surface area contributed by atoms with Gasteiger partial charge in [-0.2, -0.15) is 0 Å². The normalized spacial score (nSPS) is 20.6. The molecule has 0 saturated carbocycles. The number of nitrogens with zero attached hydrogens (tertiary/aromatic N) is 1. The Labute approximate surface area is 150 Å². The molecule has 0 aromatic heterocycles. The number of likely N-dealkylation sites (tertiary alicyclic amines) is 1. The van der Waals surface area contributed by atoms with Crippen molar-refractivity contribution in [3.63, 3.8) is 0 Å². The van der Waals surface area contributed by atoms with Gasteiger partial charge in [-0.15, -0.1) is 0 Å². The second-order valence-electron chi connectivity index (χ2n) is 7.36. The molecule has 1 atom stereocenters. The third-order valence-corrected chi connectivity index (χ3v) is 5.40. The van der Waals surface area contributed by atoms with Crippen LogP contribution < -0.4 is 5.32 Å². The van der Waals surface area contributed by atoms with Crippen molar-refractivity contribution in [3.05, 3.63) is 41.0 Å². The molecule has 1 aromatic rings. The summed E-state index contributed by atoms with van der Waals surface area (Å²) in [5.41, 5.74) is 4.46. The average molecular weight is 340 g/mol. The molecule has 1 N–H and O–H groups in total. The van der Waals surface area contributed by atoms with Crippen molar-refractivity contribution >= 4 is 17.5 Å². The van der Waals surface area contributed by atoms with Crippen molar-refractivity contribution in [1.82, 2.24) is 4.90 Å². The monoisotopic (exact) mass is 340 g/mol. The quantitative estimate of drug-likeness (QED) is 0.824. The number of carbonyl (C=O) groups excluding carboxylic acids is 2. The Morgan fingerprint density at radius 3 is 2.68 bits per heavy atom. The molecule has 25 heavy (non-hydrogen) atoms. The Kier molecular flexibility index (Phi) is 5.57. The number of amides is 2. The summed E-state index contributed by atoms with van der Waals surface area (Å²) in [7, 11) is 0. The maximum atomic E-state index is 12.6. The molecule has 4 heteroatoms. The van der Waals surface area contributed by atoms with Gasteiger partial charge in [0.15, 0.2) is 0 Å². The lowest BCUT2D eigenvalue weighted by atomic mass is 9.97. The average Bonchev–Trinajstić information content (AvgIpc) is 2.98. The van der Waals surface area contributed by atoms with E-state index in [1.54, 1.807) is 0 Å². The van der Waals surface area contributed by atoms with Gasteiger partial charge in [0, 0.05) is 25.2 Å². The molecule has 1 heterocycles. The highest BCUT2D eigenvalue weighted by Crippen LogP contribution is 2.25. The van der Waals surface area contributed by atoms with Crippen LogP contribution in [0.2, 0.25) is 0 Å². The van der Waals surface area contributed by atoms with Gasteiger partial charge in [-0.1, -0.05) is 29.8 Å². The number of hydrogen-bond acceptors (Lipinski definition) is 2. The fourth-order valence-electron chi connectivity index (χ4n) is 3.81. The van der Waals surface area contributed by atoms with Crippen LogP contribution in [-0.2, 0) is 9.59 Å². The highest BCUT2D eigenvalue weighted by molar-refractivity contribution is 5.98. The first kappa shape index (κ1) is 17.7. The lowest BCUT2D eigenvalue weighted by Gasteiger charge is -2.19. The Bertz CT molecular complexity index is 673. The summed E-state index contributed by atoms with van der Waals surface area (Å²) in [6.07, 6.45) is 8.50. The van der Waals surface area contributed by atoms with Gasteiger partial charge in [0.05, 0.1) is 5.92 Å². The van der Waals surface area contributed by atoms with Crippen molar-refractivity contribution in [1.29, 1.82) is 0 Å². The van der Waals surface area contributed by atoms with E-state index in [1.807, 2.05) is 36.9 Å². The number of hydrogen-bond donors (Lipinski definition) is 1. The minimum atomic E-state index is -0.244. The molecule has 1 saturated heterocycles. The number of benzene rings is 1. The third-order valence-electron chi connectivity index (χ3n) is 5.40. The van der Waals surface area contributed by atoms with E-state index in [-0.39, 0.29) is 17.7 Å². The number of para-hydroxylation sites is 1. The summed E-state index contributed by atoms with van der Waals surface area (Å²) in [5.74, 6) is -0.171. The largest absolute Gasteiger partial charge is 0.342 e. The van der Waals surface area contributed by atoms with Gasteiger partial charge in [0.25, 0.3) is 0 Å². The van der Waals surface area contributed by atoms with Gasteiger partial charge >= 0.3 is 0 Å². The van der Waals surface area contributed by atoms with Crippen molar-refractivity contribution in [3.8, 4) is 0 Å². The summed E-state index contributed by atoms with van der Waals surface area (Å²) < 4.78 is 0. The van der Waals surface area contributed by atoms with Gasteiger partial charge in [0.2, 0.25) is 11.8 Å². The second-order valence-corrected chi connectivity index (χ2v) is 7.36. The molecule has 0 spiro atoms. The van der Waals surface area contributed by atoms with Crippen molar-refractivity contribution in [2.45, 2.75) is 52.4 Å². The zero-order valence-electron chi connectivity index (χ0n) is 15.3. The summed E-state index contributed by atoms with van der Waals surface area (Å²) in [6.45, 7) is 5.28. The second kappa shape index (κ2) is 7.85. The van der Waals surface area contributed by atoms with E-state index < -0.39 is 0 Å². The minimum absolute atomic E-state index is 0.0369. The molecule has 3 rings (SSSR count). The number of allylic oxidation sites excluding steroid dienone is 1. The van der Waals surface area contributed by atoms with E-state index >= 15 is 0 Å². The van der Waals surface area contributed by atoms with Crippen LogP contribution in [0.3, 0.4) is 0 Å². The summed E-state index contributed by atoms with van der Waals surface area (Å²) >= 11 is 0. The van der Waals surface area contributed by atoms with E-state index in [0.717, 1.165) is 29.8 Å². The highest BCUT2D eigenvalue weighted by atomic mass is 16.2. The fraction of sp³-hybridized carbons (Fsp3) is 0.524. The molecule has 2 amide bonds. The van der Waals surface area contributed by atoms with Gasteiger partial charge < -0.3 is 10.2 Å². The van der Waals surface area contributed by atoms with E-state index in [9.17, 15) is 9.59 Å². The first-order valence-electron chi connectivity index (χ1n) is 9.37. The molecule has 1 unspecified atom stereocenters. The maximum absolute atomic E-state index is 12.6. The molecule has 134 valence electrons. The summed E-state index contributed by atoms with van der Waals surface area (Å²) in [6, 6.07) is 5.97. The van der Waals surface area contributed by atoms with Crippen LogP contribution in [0.1, 0.15) is 49.7 Å². The Morgan fingerprint density at radius 1 is 1.24 bits per heavy atom. The van der Waals surface area contributed by atoms with Crippen molar-refractivity contribution in [2.75, 3.05) is 18.4 Å². The van der Waals surface area contributed by atoms with Crippen LogP contribution in [-0.4, -0.2) is 29.8 Å². The number of aryl methyl sites for hydroxylation is 2. The standard InChI is InChI=1S/C21H28N2O2/c1-15-7-6-8-16(2)20(15)22-21(25)18-13-19(24)23(14-18)12-11-17-9-4-3-5-10-17/h6-9,18H,3-5,10-14H2,1-2H3,(H,22,25). The number of carbonyl (C=O) groups is 2. The SMILES string of the molecule is Cc1cccc(C)c1NC(=O)C1CC(=O)N(CCC2=CCCCC2)C1. The molecule has 2 aliphatic rings. The van der Waals surface area contributed by atoms with Crippen LogP contribution in [0.4, 0.5) is 5.69 Å². The van der Waals surface area contributed by atoms with Crippen molar-refractivity contribution < 1.29 is 9.59 Å². The molecule has 0 bridgehead atoms. The maximum Gasteiger partial charge on any atom is 0.229 e. The molecular formula is C21H28N2O2. The van der Waals surface area contributed by atoms with Gasteiger partial charge in [-0.3, -0.25) is 9.59 Å². The lowest BCUT2D eigenvalue weighted by Crippen LogP contribution is -2.29. The number of nitrogens with one attached hydrogen (secondary N) is 1. The highest BCUT2D eigenvalue weighted by Gasteiger charge is 2.34. The Hall–Kier alpha value is -2.10. The molecule has 1 fully saturated rings. The minimum Gasteiger partial charge on any atom is -0.342 e. The first-order valence-corrected chi connectivity index (χ1v) is 9.37. The van der Waals surface area contributed by atoms with E-state index in [4.69, 9.17) is 0 Å². The van der Waals surface area contributed by atoms with Crippen molar-refractivity contribution in [2.24, 2.45) is 5.92 Å². The Balaban J connectivity index is 1.56. The fourth-order valence-corrected chi connectivity index (χ4v) is 3.81. The zero-order chi connectivity index (χ0) is 17.8. The Morgan fingerprint density at radius 2 is 2.00 bits per heavy atom. The first-order chi connectivity index (χ1) is 12.0. The van der Waals surface area contributed by atoms with Crippen LogP contribution in [0, 0.1) is 19.8 Å². The molecule has 1 aromatic carbocycles. The summed E-state index contributed by atoms with van der Waals surface area (Å²) in [5, 5.41) is 3.04. The van der Waals surface area contributed by atoms with E-state index in [2.05, 4.69) is 11.4 Å². The smallest absolute Gasteiger partial charge is 0.229 e. The van der Waals surface area contributed by atoms with Crippen LogP contribution in [0.5, 0.6) is 0 Å². The predicted octanol–water partition coefficient (Wildman–Crippen LogP) is 3.98. The number of rotatable bonds is 5. The van der Waals surface area contributed by atoms with E-state index in [0.29, 0.717) is 13.0 Å². The van der Waals surface area contributed by atoms with Crippen LogP contribution >= 0.6 is 0 Å². The van der Waals surface area contributed by atoms with Gasteiger partial charge in [-0.25, -0.2) is 0 Å². The van der Waals surface area contributed by atoms with Crippen LogP contribution in [0.25, 0.3) is 0 Å². The lowest BCUT2D eigenvalue weighted by molar-refractivity contribution is -0.128. The van der Waals surface area contributed by atoms with E-state index in [1.165, 1.54) is 31.3 Å².